The number of nitrogens with one attached hydrogen (secondary N) is 1. The average molecular weight is 471 g/mol. The van der Waals surface area contributed by atoms with Crippen LogP contribution in [0.5, 0.6) is 0 Å². The van der Waals surface area contributed by atoms with Crippen LogP contribution in [0.3, 0.4) is 0 Å². The van der Waals surface area contributed by atoms with E-state index in [0.29, 0.717) is 18.9 Å². The van der Waals surface area contributed by atoms with Gasteiger partial charge in [0.15, 0.2) is 12.2 Å². The molecule has 2 aliphatic rings. The molecule has 1 fully saturated rings. The number of nitrogens with zero attached hydrogens (tertiary/aromatic N) is 1. The van der Waals surface area contributed by atoms with E-state index in [4.69, 9.17) is 4.74 Å². The summed E-state index contributed by atoms with van der Waals surface area (Å²) < 4.78 is 6.01. The number of aliphatic hydroxyl groups excluding tert-OH is 1. The van der Waals surface area contributed by atoms with Gasteiger partial charge in [0.05, 0.1) is 6.04 Å². The highest BCUT2D eigenvalue weighted by molar-refractivity contribution is 5.83. The summed E-state index contributed by atoms with van der Waals surface area (Å²) in [6, 6.07) is 24.7. The quantitative estimate of drug-likeness (QED) is 0.502. The van der Waals surface area contributed by atoms with Crippen LogP contribution in [0.4, 0.5) is 4.79 Å². The molecule has 6 nitrogen and oxygen atoms in total. The van der Waals surface area contributed by atoms with Crippen LogP contribution >= 0.6 is 0 Å². The smallest absolute Gasteiger partial charge is 0.410 e. The van der Waals surface area contributed by atoms with Gasteiger partial charge in [-0.2, -0.15) is 0 Å². The van der Waals surface area contributed by atoms with Crippen molar-refractivity contribution < 1.29 is 19.4 Å². The molecule has 0 spiro atoms. The Morgan fingerprint density at radius 3 is 2.11 bits per heavy atom. The van der Waals surface area contributed by atoms with Crippen LogP contribution < -0.4 is 5.32 Å². The summed E-state index contributed by atoms with van der Waals surface area (Å²) in [5, 5.41) is 13.8. The Morgan fingerprint density at radius 2 is 1.51 bits per heavy atom. The Balaban J connectivity index is 1.30. The summed E-state index contributed by atoms with van der Waals surface area (Å²) in [6.45, 7) is 0.316. The van der Waals surface area contributed by atoms with Gasteiger partial charge in [0.2, 0.25) is 0 Å². The fourth-order valence-electron chi connectivity index (χ4n) is 4.81. The molecule has 0 bridgehead atoms. The number of likely N-dealkylation sites (N-methyl/N-ethyl adjacent to an activating group) is 1. The molecule has 2 aliphatic carbocycles. The molecule has 0 saturated heterocycles. The molecule has 35 heavy (non-hydrogen) atoms. The second kappa shape index (κ2) is 9.92. The standard InChI is InChI=1S/C29H30N2O4/c1-31(25(17-19-15-16-19)26(32)28(33)30-18-20-9-3-2-4-10-20)29(34)35-27-23-13-7-5-11-21(23)22-12-6-8-14-24(22)27/h2-14,19,25-27,32H,15-18H2,1H3,(H,30,33)/t25-,26?/m0/s1. The molecular weight excluding hydrogens is 440 g/mol. The molecule has 5 rings (SSSR count). The highest BCUT2D eigenvalue weighted by Gasteiger charge is 2.39. The summed E-state index contributed by atoms with van der Waals surface area (Å²) in [5.74, 6) is -0.0875. The third kappa shape index (κ3) is 4.93. The van der Waals surface area contributed by atoms with Gasteiger partial charge in [-0.05, 0) is 29.0 Å². The van der Waals surface area contributed by atoms with Crippen molar-refractivity contribution in [2.45, 2.75) is 44.1 Å². The van der Waals surface area contributed by atoms with Crippen molar-refractivity contribution in [2.75, 3.05) is 7.05 Å². The maximum Gasteiger partial charge on any atom is 0.410 e. The number of rotatable bonds is 8. The molecule has 3 aromatic rings. The molecule has 2 atom stereocenters. The van der Waals surface area contributed by atoms with E-state index in [9.17, 15) is 14.7 Å². The van der Waals surface area contributed by atoms with Crippen LogP contribution in [0, 0.1) is 5.92 Å². The first-order valence-corrected chi connectivity index (χ1v) is 12.1. The van der Waals surface area contributed by atoms with Gasteiger partial charge in [-0.15, -0.1) is 0 Å². The molecule has 2 N–H and O–H groups in total. The second-order valence-corrected chi connectivity index (χ2v) is 9.44. The number of amides is 2. The van der Waals surface area contributed by atoms with E-state index in [2.05, 4.69) is 5.32 Å². The third-order valence-electron chi connectivity index (χ3n) is 7.00. The topological polar surface area (TPSA) is 78.9 Å². The highest BCUT2D eigenvalue weighted by atomic mass is 16.6. The molecule has 0 aromatic heterocycles. The van der Waals surface area contributed by atoms with Crippen LogP contribution in [0.2, 0.25) is 0 Å². The Bertz CT molecular complexity index is 1160. The Kier molecular flexibility index (Phi) is 6.55. The number of carbonyl (C=O) groups excluding carboxylic acids is 2. The minimum Gasteiger partial charge on any atom is -0.436 e. The summed E-state index contributed by atoms with van der Waals surface area (Å²) in [4.78, 5) is 27.5. The van der Waals surface area contributed by atoms with E-state index in [1.807, 2.05) is 78.9 Å². The van der Waals surface area contributed by atoms with Crippen molar-refractivity contribution in [1.82, 2.24) is 10.2 Å². The zero-order valence-corrected chi connectivity index (χ0v) is 19.8. The van der Waals surface area contributed by atoms with Gasteiger partial charge >= 0.3 is 6.09 Å². The molecule has 1 unspecified atom stereocenters. The van der Waals surface area contributed by atoms with Gasteiger partial charge < -0.3 is 20.1 Å². The zero-order valence-electron chi connectivity index (χ0n) is 19.8. The van der Waals surface area contributed by atoms with Crippen LogP contribution in [0.15, 0.2) is 78.9 Å². The molecule has 180 valence electrons. The lowest BCUT2D eigenvalue weighted by Crippen LogP contribution is -2.51. The van der Waals surface area contributed by atoms with Crippen molar-refractivity contribution >= 4 is 12.0 Å². The Hall–Kier alpha value is -3.64. The van der Waals surface area contributed by atoms with E-state index in [-0.39, 0.29) is 0 Å². The van der Waals surface area contributed by atoms with Crippen molar-refractivity contribution in [1.29, 1.82) is 0 Å². The minimum atomic E-state index is -1.35. The minimum absolute atomic E-state index is 0.316. The normalized spacial score (nSPS) is 16.1. The molecule has 0 heterocycles. The Labute approximate surface area is 205 Å². The first-order valence-electron chi connectivity index (χ1n) is 12.1. The lowest BCUT2D eigenvalue weighted by atomic mass is 10.0. The van der Waals surface area contributed by atoms with Crippen molar-refractivity contribution in [3.05, 3.63) is 95.6 Å². The lowest BCUT2D eigenvalue weighted by molar-refractivity contribution is -0.132. The lowest BCUT2D eigenvalue weighted by Gasteiger charge is -2.32. The number of aliphatic hydroxyl groups is 1. The van der Waals surface area contributed by atoms with E-state index in [1.165, 1.54) is 4.90 Å². The predicted octanol–water partition coefficient (Wildman–Crippen LogP) is 4.67. The summed E-state index contributed by atoms with van der Waals surface area (Å²) in [6.07, 6.45) is 0.219. The third-order valence-corrected chi connectivity index (χ3v) is 7.00. The van der Waals surface area contributed by atoms with Gasteiger partial charge in [-0.1, -0.05) is 91.7 Å². The van der Waals surface area contributed by atoms with Gasteiger partial charge in [0.25, 0.3) is 5.91 Å². The predicted molar refractivity (Wildman–Crippen MR) is 133 cm³/mol. The summed E-state index contributed by atoms with van der Waals surface area (Å²) in [7, 11) is 1.61. The van der Waals surface area contributed by atoms with E-state index in [0.717, 1.165) is 40.7 Å². The second-order valence-electron chi connectivity index (χ2n) is 9.44. The molecular formula is C29H30N2O4. The maximum absolute atomic E-state index is 13.3. The molecule has 2 amide bonds. The largest absolute Gasteiger partial charge is 0.436 e. The van der Waals surface area contributed by atoms with Crippen LogP contribution in [-0.4, -0.2) is 41.2 Å². The number of ether oxygens (including phenoxy) is 1. The van der Waals surface area contributed by atoms with Gasteiger partial charge in [-0.3, -0.25) is 4.79 Å². The number of hydrogen-bond donors (Lipinski definition) is 2. The molecule has 1 saturated carbocycles. The summed E-state index contributed by atoms with van der Waals surface area (Å²) in [5.41, 5.74) is 4.93. The fourth-order valence-corrected chi connectivity index (χ4v) is 4.81. The zero-order chi connectivity index (χ0) is 24.4. The molecule has 6 heteroatoms. The van der Waals surface area contributed by atoms with Gasteiger partial charge in [0, 0.05) is 24.7 Å². The Morgan fingerprint density at radius 1 is 0.943 bits per heavy atom. The van der Waals surface area contributed by atoms with Crippen LogP contribution in [-0.2, 0) is 16.1 Å². The van der Waals surface area contributed by atoms with Crippen LogP contribution in [0.25, 0.3) is 11.1 Å². The van der Waals surface area contributed by atoms with Crippen molar-refractivity contribution in [3.8, 4) is 11.1 Å². The van der Waals surface area contributed by atoms with E-state index >= 15 is 0 Å². The maximum atomic E-state index is 13.3. The number of hydrogen-bond acceptors (Lipinski definition) is 4. The average Bonchev–Trinajstić information content (AvgIpc) is 3.68. The molecule has 0 radical (unpaired) electrons. The van der Waals surface area contributed by atoms with Crippen molar-refractivity contribution in [2.24, 2.45) is 5.92 Å². The number of benzene rings is 3. The number of carbonyl (C=O) groups is 2. The molecule has 0 aliphatic heterocycles. The highest BCUT2D eigenvalue weighted by Crippen LogP contribution is 2.45. The van der Waals surface area contributed by atoms with Crippen LogP contribution in [0.1, 0.15) is 42.1 Å². The van der Waals surface area contributed by atoms with E-state index in [1.54, 1.807) is 7.05 Å². The summed E-state index contributed by atoms with van der Waals surface area (Å²) >= 11 is 0. The number of fused-ring (bicyclic) bond motifs is 3. The molecule has 3 aromatic carbocycles. The van der Waals surface area contributed by atoms with Gasteiger partial charge in [-0.25, -0.2) is 4.79 Å². The monoisotopic (exact) mass is 470 g/mol. The first-order chi connectivity index (χ1) is 17.0. The fraction of sp³-hybridized carbons (Fsp3) is 0.310. The van der Waals surface area contributed by atoms with Crippen molar-refractivity contribution in [3.63, 3.8) is 0 Å². The SMILES string of the molecule is CN(C(=O)OC1c2ccccc2-c2ccccc21)[C@@H](CC1CC1)C(O)C(=O)NCc1ccccc1. The van der Waals surface area contributed by atoms with Gasteiger partial charge in [0.1, 0.15) is 0 Å². The van der Waals surface area contributed by atoms with E-state index < -0.39 is 30.3 Å². The first kappa shape index (κ1) is 23.1.